The van der Waals surface area contributed by atoms with Crippen LogP contribution in [0.5, 0.6) is 5.75 Å². The molecule has 2 N–H and O–H groups in total. The van der Waals surface area contributed by atoms with Crippen LogP contribution in [0.2, 0.25) is 0 Å². The molecule has 1 aliphatic rings. The Morgan fingerprint density at radius 1 is 1.17 bits per heavy atom. The molecule has 1 aromatic carbocycles. The van der Waals surface area contributed by atoms with E-state index in [2.05, 4.69) is 0 Å². The van der Waals surface area contributed by atoms with E-state index in [9.17, 15) is 14.4 Å². The highest BCUT2D eigenvalue weighted by atomic mass is 16.5. The van der Waals surface area contributed by atoms with Crippen LogP contribution in [0.25, 0.3) is 0 Å². The van der Waals surface area contributed by atoms with Crippen molar-refractivity contribution < 1.29 is 19.1 Å². The highest BCUT2D eigenvalue weighted by Crippen LogP contribution is 2.18. The Balaban J connectivity index is 1.66. The molecule has 0 radical (unpaired) electrons. The zero-order valence-electron chi connectivity index (χ0n) is 14.0. The molecular weight excluding hydrogens is 308 g/mol. The zero-order chi connectivity index (χ0) is 17.5. The molecule has 2 rings (SSSR count). The number of piperidine rings is 1. The molecule has 24 heavy (non-hydrogen) atoms. The second-order valence-corrected chi connectivity index (χ2v) is 6.09. The number of nitrogens with zero attached hydrogens (tertiary/aromatic N) is 1. The third-order valence-corrected chi connectivity index (χ3v) is 4.31. The lowest BCUT2D eigenvalue weighted by Crippen LogP contribution is -2.41. The van der Waals surface area contributed by atoms with Gasteiger partial charge in [-0.2, -0.15) is 0 Å². The van der Waals surface area contributed by atoms with E-state index in [1.807, 2.05) is 0 Å². The van der Waals surface area contributed by atoms with Gasteiger partial charge in [-0.1, -0.05) is 0 Å². The molecule has 1 aromatic rings. The Morgan fingerprint density at radius 3 is 2.33 bits per heavy atom. The Morgan fingerprint density at radius 2 is 1.79 bits per heavy atom. The van der Waals surface area contributed by atoms with E-state index in [4.69, 9.17) is 10.5 Å². The minimum Gasteiger partial charge on any atom is -0.494 e. The van der Waals surface area contributed by atoms with Gasteiger partial charge in [0, 0.05) is 31.0 Å². The predicted octanol–water partition coefficient (Wildman–Crippen LogP) is 1.77. The fourth-order valence-electron chi connectivity index (χ4n) is 2.77. The third kappa shape index (κ3) is 5.08. The molecule has 1 aliphatic heterocycles. The molecule has 0 bridgehead atoms. The summed E-state index contributed by atoms with van der Waals surface area (Å²) >= 11 is 0. The first-order valence-electron chi connectivity index (χ1n) is 8.28. The van der Waals surface area contributed by atoms with Crippen molar-refractivity contribution in [3.05, 3.63) is 29.8 Å². The van der Waals surface area contributed by atoms with E-state index in [-0.39, 0.29) is 23.5 Å². The molecule has 6 nitrogen and oxygen atoms in total. The number of hydrogen-bond acceptors (Lipinski definition) is 4. The predicted molar refractivity (Wildman–Crippen MR) is 89.7 cm³/mol. The molecule has 2 amide bonds. The summed E-state index contributed by atoms with van der Waals surface area (Å²) in [5.74, 6) is 0.428. The Labute approximate surface area is 142 Å². The maximum Gasteiger partial charge on any atom is 0.222 e. The fourth-order valence-corrected chi connectivity index (χ4v) is 2.77. The molecule has 6 heteroatoms. The van der Waals surface area contributed by atoms with Gasteiger partial charge in [-0.3, -0.25) is 14.4 Å². The first kappa shape index (κ1) is 18.0. The SMILES string of the molecule is CC(=O)c1ccc(OCCCC(=O)N2CCC(C(N)=O)CC2)cc1. The molecule has 0 saturated carbocycles. The van der Waals surface area contributed by atoms with Gasteiger partial charge in [0.1, 0.15) is 5.75 Å². The van der Waals surface area contributed by atoms with Gasteiger partial charge in [0.05, 0.1) is 6.61 Å². The normalized spacial score (nSPS) is 15.1. The van der Waals surface area contributed by atoms with Crippen LogP contribution in [0.1, 0.15) is 43.0 Å². The van der Waals surface area contributed by atoms with Crippen molar-refractivity contribution in [3.8, 4) is 5.75 Å². The summed E-state index contributed by atoms with van der Waals surface area (Å²) in [5, 5.41) is 0. The minimum atomic E-state index is -0.272. The average molecular weight is 332 g/mol. The first-order valence-corrected chi connectivity index (χ1v) is 8.28. The van der Waals surface area contributed by atoms with Gasteiger partial charge in [-0.25, -0.2) is 0 Å². The zero-order valence-corrected chi connectivity index (χ0v) is 14.0. The molecule has 1 heterocycles. The number of primary amides is 1. The van der Waals surface area contributed by atoms with E-state index < -0.39 is 0 Å². The van der Waals surface area contributed by atoms with Crippen LogP contribution < -0.4 is 10.5 Å². The second-order valence-electron chi connectivity index (χ2n) is 6.09. The third-order valence-electron chi connectivity index (χ3n) is 4.31. The Bertz CT molecular complexity index is 590. The van der Waals surface area contributed by atoms with Crippen molar-refractivity contribution in [2.24, 2.45) is 11.7 Å². The number of likely N-dealkylation sites (tertiary alicyclic amines) is 1. The monoisotopic (exact) mass is 332 g/mol. The molecule has 1 fully saturated rings. The molecule has 0 unspecified atom stereocenters. The number of ketones is 1. The van der Waals surface area contributed by atoms with Crippen LogP contribution in [0.3, 0.4) is 0 Å². The number of amides is 2. The largest absolute Gasteiger partial charge is 0.494 e. The van der Waals surface area contributed by atoms with Crippen molar-refractivity contribution in [3.63, 3.8) is 0 Å². The average Bonchev–Trinajstić information content (AvgIpc) is 2.59. The quantitative estimate of drug-likeness (QED) is 0.609. The van der Waals surface area contributed by atoms with Crippen LogP contribution in [0.4, 0.5) is 0 Å². The number of nitrogens with two attached hydrogens (primary N) is 1. The summed E-state index contributed by atoms with van der Waals surface area (Å²) in [5.41, 5.74) is 5.94. The lowest BCUT2D eigenvalue weighted by molar-refractivity contribution is -0.135. The van der Waals surface area contributed by atoms with Crippen LogP contribution in [0.15, 0.2) is 24.3 Å². The summed E-state index contributed by atoms with van der Waals surface area (Å²) in [6.45, 7) is 3.16. The first-order chi connectivity index (χ1) is 11.5. The molecule has 1 saturated heterocycles. The van der Waals surface area contributed by atoms with Crippen LogP contribution >= 0.6 is 0 Å². The van der Waals surface area contributed by atoms with Gasteiger partial charge in [0.15, 0.2) is 5.78 Å². The Kier molecular flexibility index (Phi) is 6.35. The summed E-state index contributed by atoms with van der Waals surface area (Å²) in [6.07, 6.45) is 2.36. The van der Waals surface area contributed by atoms with Crippen molar-refractivity contribution in [1.29, 1.82) is 0 Å². The summed E-state index contributed by atoms with van der Waals surface area (Å²) in [6, 6.07) is 6.97. The summed E-state index contributed by atoms with van der Waals surface area (Å²) in [4.78, 5) is 36.2. The molecule has 0 spiro atoms. The molecule has 0 aliphatic carbocycles. The van der Waals surface area contributed by atoms with Crippen molar-refractivity contribution in [1.82, 2.24) is 4.90 Å². The molecule has 0 aromatic heterocycles. The number of carbonyl (C=O) groups is 3. The smallest absolute Gasteiger partial charge is 0.222 e. The van der Waals surface area contributed by atoms with Gasteiger partial charge >= 0.3 is 0 Å². The highest BCUT2D eigenvalue weighted by Gasteiger charge is 2.25. The number of ether oxygens (including phenoxy) is 1. The molecular formula is C18H24N2O4. The van der Waals surface area contributed by atoms with Gasteiger partial charge in [0.2, 0.25) is 11.8 Å². The number of rotatable bonds is 7. The highest BCUT2D eigenvalue weighted by molar-refractivity contribution is 5.94. The number of carbonyl (C=O) groups excluding carboxylic acids is 3. The van der Waals surface area contributed by atoms with Gasteiger partial charge in [-0.15, -0.1) is 0 Å². The number of hydrogen-bond donors (Lipinski definition) is 1. The van der Waals surface area contributed by atoms with Crippen LogP contribution in [-0.2, 0) is 9.59 Å². The van der Waals surface area contributed by atoms with E-state index in [0.717, 1.165) is 0 Å². The topological polar surface area (TPSA) is 89.7 Å². The van der Waals surface area contributed by atoms with Gasteiger partial charge in [0.25, 0.3) is 0 Å². The lowest BCUT2D eigenvalue weighted by Gasteiger charge is -2.30. The van der Waals surface area contributed by atoms with Crippen molar-refractivity contribution in [2.45, 2.75) is 32.6 Å². The molecule has 130 valence electrons. The second kappa shape index (κ2) is 8.47. The van der Waals surface area contributed by atoms with Gasteiger partial charge in [-0.05, 0) is 50.5 Å². The summed E-state index contributed by atoms with van der Waals surface area (Å²) < 4.78 is 5.58. The van der Waals surface area contributed by atoms with E-state index >= 15 is 0 Å². The maximum absolute atomic E-state index is 12.1. The molecule has 0 atom stereocenters. The van der Waals surface area contributed by atoms with Gasteiger partial charge < -0.3 is 15.4 Å². The van der Waals surface area contributed by atoms with E-state index in [0.29, 0.717) is 56.7 Å². The number of Topliss-reactive ketones (excluding diaryl/α,β-unsaturated/α-hetero) is 1. The van der Waals surface area contributed by atoms with Crippen molar-refractivity contribution >= 4 is 17.6 Å². The maximum atomic E-state index is 12.1. The van der Waals surface area contributed by atoms with Crippen LogP contribution in [-0.4, -0.2) is 42.2 Å². The summed E-state index contributed by atoms with van der Waals surface area (Å²) in [7, 11) is 0. The lowest BCUT2D eigenvalue weighted by atomic mass is 9.96. The minimum absolute atomic E-state index is 0.0206. The number of benzene rings is 1. The fraction of sp³-hybridized carbons (Fsp3) is 0.500. The van der Waals surface area contributed by atoms with E-state index in [1.165, 1.54) is 6.92 Å². The standard InChI is InChI=1S/C18H24N2O4/c1-13(21)14-4-6-16(7-5-14)24-12-2-3-17(22)20-10-8-15(9-11-20)18(19)23/h4-7,15H,2-3,8-12H2,1H3,(H2,19,23). The van der Waals surface area contributed by atoms with E-state index in [1.54, 1.807) is 29.2 Å². The Hall–Kier alpha value is -2.37. The van der Waals surface area contributed by atoms with Crippen molar-refractivity contribution in [2.75, 3.05) is 19.7 Å². The van der Waals surface area contributed by atoms with Crippen LogP contribution in [0, 0.1) is 5.92 Å².